The van der Waals surface area contributed by atoms with E-state index >= 15 is 0 Å². The summed E-state index contributed by atoms with van der Waals surface area (Å²) in [5.74, 6) is 0. The Balaban J connectivity index is 2.54. The molecule has 4 nitrogen and oxygen atoms in total. The number of aromatic amines is 1. The fourth-order valence-electron chi connectivity index (χ4n) is 1.31. The number of rotatable bonds is 1. The number of nitrogens with one attached hydrogen (secondary N) is 2. The summed E-state index contributed by atoms with van der Waals surface area (Å²) in [6.45, 7) is 0. The maximum atomic E-state index is 10.4. The first-order valence-electron chi connectivity index (χ1n) is 3.83. The van der Waals surface area contributed by atoms with E-state index in [1.165, 1.54) is 0 Å². The third-order valence-corrected chi connectivity index (χ3v) is 1.84. The van der Waals surface area contributed by atoms with Gasteiger partial charge >= 0.3 is 6.09 Å². The summed E-state index contributed by atoms with van der Waals surface area (Å²) in [5.41, 5.74) is 1.53. The maximum Gasteiger partial charge on any atom is 0.409 e. The molecule has 1 heterocycles. The standard InChI is InChI=1S/C9H8N2O2/c12-9(13)11-8-3-1-2-7-6(8)4-5-10-7/h1-5,10-11H,(H,12,13). The van der Waals surface area contributed by atoms with E-state index in [1.54, 1.807) is 18.3 Å². The Morgan fingerprint density at radius 2 is 2.23 bits per heavy atom. The van der Waals surface area contributed by atoms with E-state index < -0.39 is 6.09 Å². The lowest BCUT2D eigenvalue weighted by atomic mass is 10.2. The van der Waals surface area contributed by atoms with E-state index in [1.807, 2.05) is 12.1 Å². The van der Waals surface area contributed by atoms with Gasteiger partial charge in [-0.1, -0.05) is 6.07 Å². The van der Waals surface area contributed by atoms with Gasteiger partial charge in [-0.15, -0.1) is 0 Å². The van der Waals surface area contributed by atoms with Crippen LogP contribution in [0, 0.1) is 0 Å². The molecule has 0 aliphatic carbocycles. The summed E-state index contributed by atoms with van der Waals surface area (Å²) >= 11 is 0. The zero-order valence-electron chi connectivity index (χ0n) is 6.74. The molecule has 0 bridgehead atoms. The van der Waals surface area contributed by atoms with Gasteiger partial charge in [0.1, 0.15) is 0 Å². The first kappa shape index (κ1) is 7.67. The maximum absolute atomic E-state index is 10.4. The van der Waals surface area contributed by atoms with Gasteiger partial charge in [-0.2, -0.15) is 0 Å². The Hall–Kier alpha value is -1.97. The zero-order valence-corrected chi connectivity index (χ0v) is 6.74. The van der Waals surface area contributed by atoms with Crippen molar-refractivity contribution in [2.24, 2.45) is 0 Å². The summed E-state index contributed by atoms with van der Waals surface area (Å²) < 4.78 is 0. The second-order valence-corrected chi connectivity index (χ2v) is 2.67. The monoisotopic (exact) mass is 176 g/mol. The van der Waals surface area contributed by atoms with Crippen molar-refractivity contribution in [2.45, 2.75) is 0 Å². The number of benzene rings is 1. The highest BCUT2D eigenvalue weighted by atomic mass is 16.4. The van der Waals surface area contributed by atoms with Crippen molar-refractivity contribution in [3.63, 3.8) is 0 Å². The largest absolute Gasteiger partial charge is 0.465 e. The highest BCUT2D eigenvalue weighted by molar-refractivity contribution is 5.98. The molecule has 0 saturated heterocycles. The van der Waals surface area contributed by atoms with Crippen LogP contribution in [0.3, 0.4) is 0 Å². The quantitative estimate of drug-likeness (QED) is 0.623. The molecule has 0 fully saturated rings. The minimum atomic E-state index is -1.05. The average molecular weight is 176 g/mol. The van der Waals surface area contributed by atoms with E-state index in [0.717, 1.165) is 10.9 Å². The lowest BCUT2D eigenvalue weighted by Gasteiger charge is -2.01. The van der Waals surface area contributed by atoms with E-state index in [9.17, 15) is 4.79 Å². The molecule has 1 amide bonds. The Morgan fingerprint density at radius 3 is 3.00 bits per heavy atom. The summed E-state index contributed by atoms with van der Waals surface area (Å²) in [4.78, 5) is 13.4. The SMILES string of the molecule is O=C(O)Nc1cccc2[nH]ccc12. The third kappa shape index (κ3) is 1.33. The first-order valence-corrected chi connectivity index (χ1v) is 3.83. The number of anilines is 1. The van der Waals surface area contributed by atoms with E-state index in [2.05, 4.69) is 10.3 Å². The molecule has 0 aliphatic heterocycles. The molecule has 66 valence electrons. The summed E-state index contributed by atoms with van der Waals surface area (Å²) in [5, 5.41) is 11.8. The smallest absolute Gasteiger partial charge is 0.409 e. The van der Waals surface area contributed by atoms with Crippen LogP contribution in [0.1, 0.15) is 0 Å². The fraction of sp³-hybridized carbons (Fsp3) is 0. The summed E-state index contributed by atoms with van der Waals surface area (Å²) in [7, 11) is 0. The van der Waals surface area contributed by atoms with E-state index in [4.69, 9.17) is 5.11 Å². The molecule has 13 heavy (non-hydrogen) atoms. The highest BCUT2D eigenvalue weighted by Crippen LogP contribution is 2.21. The third-order valence-electron chi connectivity index (χ3n) is 1.84. The molecular weight excluding hydrogens is 168 g/mol. The average Bonchev–Trinajstić information content (AvgIpc) is 2.51. The number of hydrogen-bond acceptors (Lipinski definition) is 1. The van der Waals surface area contributed by atoms with Crippen LogP contribution < -0.4 is 5.32 Å². The van der Waals surface area contributed by atoms with Gasteiger partial charge in [0.05, 0.1) is 5.69 Å². The van der Waals surface area contributed by atoms with Crippen LogP contribution in [-0.2, 0) is 0 Å². The number of carbonyl (C=O) groups is 1. The topological polar surface area (TPSA) is 65.1 Å². The molecular formula is C9H8N2O2. The highest BCUT2D eigenvalue weighted by Gasteiger charge is 2.02. The van der Waals surface area contributed by atoms with Crippen LogP contribution in [0.2, 0.25) is 0 Å². The van der Waals surface area contributed by atoms with E-state index in [0.29, 0.717) is 5.69 Å². The van der Waals surface area contributed by atoms with Crippen molar-refractivity contribution in [1.29, 1.82) is 0 Å². The number of carboxylic acid groups (broad SMARTS) is 1. The predicted molar refractivity (Wildman–Crippen MR) is 49.9 cm³/mol. The Bertz CT molecular complexity index is 448. The molecule has 2 aromatic rings. The van der Waals surface area contributed by atoms with Crippen molar-refractivity contribution in [1.82, 2.24) is 4.98 Å². The molecule has 3 N–H and O–H groups in total. The lowest BCUT2D eigenvalue weighted by molar-refractivity contribution is 0.210. The van der Waals surface area contributed by atoms with Gasteiger partial charge in [0.15, 0.2) is 0 Å². The van der Waals surface area contributed by atoms with Crippen molar-refractivity contribution in [3.8, 4) is 0 Å². The summed E-state index contributed by atoms with van der Waals surface area (Å²) in [6, 6.07) is 7.25. The summed E-state index contributed by atoms with van der Waals surface area (Å²) in [6.07, 6.45) is 0.728. The minimum Gasteiger partial charge on any atom is -0.465 e. The van der Waals surface area contributed by atoms with Crippen LogP contribution in [0.25, 0.3) is 10.9 Å². The van der Waals surface area contributed by atoms with Gasteiger partial charge in [0.2, 0.25) is 0 Å². The molecule has 2 rings (SSSR count). The van der Waals surface area contributed by atoms with Crippen molar-refractivity contribution >= 4 is 22.7 Å². The molecule has 0 aliphatic rings. The molecule has 0 radical (unpaired) electrons. The predicted octanol–water partition coefficient (Wildman–Crippen LogP) is 2.26. The van der Waals surface area contributed by atoms with Gasteiger partial charge in [-0.25, -0.2) is 4.79 Å². The lowest BCUT2D eigenvalue weighted by Crippen LogP contribution is -2.06. The molecule has 1 aromatic heterocycles. The number of amides is 1. The van der Waals surface area contributed by atoms with Crippen LogP contribution in [0.5, 0.6) is 0 Å². The fourth-order valence-corrected chi connectivity index (χ4v) is 1.31. The van der Waals surface area contributed by atoms with Gasteiger partial charge in [-0.3, -0.25) is 5.32 Å². The molecule has 1 aromatic carbocycles. The van der Waals surface area contributed by atoms with Gasteiger partial charge in [0, 0.05) is 17.1 Å². The zero-order chi connectivity index (χ0) is 9.26. The van der Waals surface area contributed by atoms with Gasteiger partial charge in [-0.05, 0) is 18.2 Å². The number of hydrogen-bond donors (Lipinski definition) is 3. The Kier molecular flexibility index (Phi) is 1.66. The first-order chi connectivity index (χ1) is 6.27. The molecule has 4 heteroatoms. The second kappa shape index (κ2) is 2.82. The van der Waals surface area contributed by atoms with Crippen LogP contribution in [-0.4, -0.2) is 16.2 Å². The van der Waals surface area contributed by atoms with Crippen LogP contribution >= 0.6 is 0 Å². The second-order valence-electron chi connectivity index (χ2n) is 2.67. The number of H-pyrrole nitrogens is 1. The molecule has 0 unspecified atom stereocenters. The van der Waals surface area contributed by atoms with Gasteiger partial charge < -0.3 is 10.1 Å². The number of aromatic nitrogens is 1. The minimum absolute atomic E-state index is 0.603. The van der Waals surface area contributed by atoms with Crippen molar-refractivity contribution in [3.05, 3.63) is 30.5 Å². The molecule has 0 atom stereocenters. The van der Waals surface area contributed by atoms with Crippen molar-refractivity contribution in [2.75, 3.05) is 5.32 Å². The van der Waals surface area contributed by atoms with Crippen LogP contribution in [0.15, 0.2) is 30.5 Å². The van der Waals surface area contributed by atoms with Gasteiger partial charge in [0.25, 0.3) is 0 Å². The van der Waals surface area contributed by atoms with Crippen LogP contribution in [0.4, 0.5) is 10.5 Å². The Morgan fingerprint density at radius 1 is 1.38 bits per heavy atom. The van der Waals surface area contributed by atoms with E-state index in [-0.39, 0.29) is 0 Å². The number of fused-ring (bicyclic) bond motifs is 1. The molecule has 0 saturated carbocycles. The molecule has 0 spiro atoms. The van der Waals surface area contributed by atoms with Crippen molar-refractivity contribution < 1.29 is 9.90 Å². The normalized spacial score (nSPS) is 10.2. The Labute approximate surface area is 74.2 Å².